The fourth-order valence-corrected chi connectivity index (χ4v) is 4.66. The number of phenols is 1. The second-order valence-corrected chi connectivity index (χ2v) is 8.02. The minimum atomic E-state index is -0.500. The van der Waals surface area contributed by atoms with E-state index in [-0.39, 0.29) is 17.9 Å². The highest BCUT2D eigenvalue weighted by molar-refractivity contribution is 7.18. The van der Waals surface area contributed by atoms with Crippen LogP contribution in [0.3, 0.4) is 0 Å². The molecule has 144 valence electrons. The number of amides is 1. The first-order valence-electron chi connectivity index (χ1n) is 9.01. The summed E-state index contributed by atoms with van der Waals surface area (Å²) in [5.74, 6) is 0.160. The molecule has 1 aromatic carbocycles. The predicted octanol–water partition coefficient (Wildman–Crippen LogP) is 1.83. The van der Waals surface area contributed by atoms with E-state index < -0.39 is 5.91 Å². The Morgan fingerprint density at radius 3 is 3.11 bits per heavy atom. The van der Waals surface area contributed by atoms with Gasteiger partial charge in [0.15, 0.2) is 4.83 Å². The van der Waals surface area contributed by atoms with Gasteiger partial charge in [0.05, 0.1) is 11.6 Å². The number of fused-ring (bicyclic) bond motifs is 3. The Labute approximate surface area is 164 Å². The van der Waals surface area contributed by atoms with Crippen molar-refractivity contribution in [1.29, 1.82) is 0 Å². The van der Waals surface area contributed by atoms with Crippen LogP contribution in [-0.2, 0) is 24.2 Å². The average Bonchev–Trinajstić information content (AvgIpc) is 3.04. The Balaban J connectivity index is 1.52. The summed E-state index contributed by atoms with van der Waals surface area (Å²) in [5.41, 5.74) is 3.58. The molecular weight excluding hydrogens is 378 g/mol. The van der Waals surface area contributed by atoms with Crippen LogP contribution in [0.1, 0.15) is 29.3 Å². The largest absolute Gasteiger partial charge is 0.507 e. The van der Waals surface area contributed by atoms with E-state index in [1.165, 1.54) is 28.5 Å². The summed E-state index contributed by atoms with van der Waals surface area (Å²) in [6.45, 7) is 1.93. The van der Waals surface area contributed by atoms with Gasteiger partial charge in [0.25, 0.3) is 11.5 Å². The first-order valence-corrected chi connectivity index (χ1v) is 9.82. The molecule has 1 amide bonds. The number of benzene rings is 1. The first-order chi connectivity index (χ1) is 13.5. The van der Waals surface area contributed by atoms with Gasteiger partial charge >= 0.3 is 0 Å². The van der Waals surface area contributed by atoms with Crippen molar-refractivity contribution in [2.45, 2.75) is 32.7 Å². The molecule has 1 aliphatic carbocycles. The Morgan fingerprint density at radius 1 is 1.46 bits per heavy atom. The SMILES string of the molecule is CC1CCc2c(sc3nnn(CC(=O)N/N=C/c4ccccc4O)c(=O)c23)C1. The molecule has 1 aliphatic rings. The van der Waals surface area contributed by atoms with Crippen LogP contribution in [0.15, 0.2) is 34.2 Å². The summed E-state index contributed by atoms with van der Waals surface area (Å²) in [6, 6.07) is 6.62. The molecule has 0 spiro atoms. The van der Waals surface area contributed by atoms with Gasteiger partial charge in [-0.2, -0.15) is 5.10 Å². The number of carbonyl (C=O) groups is 1. The van der Waals surface area contributed by atoms with E-state index in [1.54, 1.807) is 18.2 Å². The lowest BCUT2D eigenvalue weighted by Gasteiger charge is -2.17. The van der Waals surface area contributed by atoms with Crippen LogP contribution < -0.4 is 11.0 Å². The Kier molecular flexibility index (Phi) is 4.91. The zero-order valence-electron chi connectivity index (χ0n) is 15.3. The minimum Gasteiger partial charge on any atom is -0.507 e. The van der Waals surface area contributed by atoms with Crippen molar-refractivity contribution in [1.82, 2.24) is 20.4 Å². The molecule has 9 heteroatoms. The number of thiophene rings is 1. The van der Waals surface area contributed by atoms with Gasteiger partial charge in [-0.1, -0.05) is 24.3 Å². The van der Waals surface area contributed by atoms with Crippen LogP contribution in [0.4, 0.5) is 0 Å². The topological polar surface area (TPSA) is 109 Å². The van der Waals surface area contributed by atoms with Crippen LogP contribution in [-0.4, -0.2) is 32.2 Å². The summed E-state index contributed by atoms with van der Waals surface area (Å²) >= 11 is 1.52. The summed E-state index contributed by atoms with van der Waals surface area (Å²) in [6.07, 6.45) is 4.19. The molecule has 3 aromatic rings. The van der Waals surface area contributed by atoms with Gasteiger partial charge in [-0.3, -0.25) is 9.59 Å². The number of hydrogen-bond donors (Lipinski definition) is 2. The number of phenolic OH excluding ortho intramolecular Hbond substituents is 1. The molecule has 8 nitrogen and oxygen atoms in total. The van der Waals surface area contributed by atoms with Crippen LogP contribution in [0.25, 0.3) is 10.2 Å². The quantitative estimate of drug-likeness (QED) is 0.516. The molecule has 4 rings (SSSR count). The molecule has 0 aliphatic heterocycles. The second-order valence-electron chi connectivity index (χ2n) is 6.94. The van der Waals surface area contributed by atoms with E-state index in [9.17, 15) is 14.7 Å². The number of para-hydroxylation sites is 1. The number of aryl methyl sites for hydroxylation is 1. The number of nitrogens with one attached hydrogen (secondary N) is 1. The Morgan fingerprint density at radius 2 is 2.29 bits per heavy atom. The second kappa shape index (κ2) is 7.51. The van der Waals surface area contributed by atoms with Gasteiger partial charge in [-0.15, -0.1) is 16.4 Å². The molecule has 2 heterocycles. The van der Waals surface area contributed by atoms with Crippen molar-refractivity contribution in [3.8, 4) is 5.75 Å². The lowest BCUT2D eigenvalue weighted by atomic mass is 9.89. The lowest BCUT2D eigenvalue weighted by molar-refractivity contribution is -0.121. The molecule has 2 aromatic heterocycles. The van der Waals surface area contributed by atoms with Gasteiger partial charge in [0.2, 0.25) is 0 Å². The Bertz CT molecular complexity index is 1130. The molecule has 1 unspecified atom stereocenters. The number of nitrogens with zero attached hydrogens (tertiary/aromatic N) is 4. The van der Waals surface area contributed by atoms with Crippen LogP contribution in [0, 0.1) is 5.92 Å². The lowest BCUT2D eigenvalue weighted by Crippen LogP contribution is -2.32. The van der Waals surface area contributed by atoms with Gasteiger partial charge in [-0.05, 0) is 42.9 Å². The summed E-state index contributed by atoms with van der Waals surface area (Å²) in [5, 5.41) is 22.1. The molecule has 0 saturated carbocycles. The van der Waals surface area contributed by atoms with Crippen LogP contribution >= 0.6 is 11.3 Å². The molecule has 0 radical (unpaired) electrons. The van der Waals surface area contributed by atoms with E-state index in [1.807, 2.05) is 0 Å². The highest BCUT2D eigenvalue weighted by Gasteiger charge is 2.24. The van der Waals surface area contributed by atoms with E-state index in [0.29, 0.717) is 21.7 Å². The smallest absolute Gasteiger partial charge is 0.279 e. The molecule has 2 N–H and O–H groups in total. The highest BCUT2D eigenvalue weighted by atomic mass is 32.1. The predicted molar refractivity (Wildman–Crippen MR) is 107 cm³/mol. The van der Waals surface area contributed by atoms with Crippen molar-refractivity contribution in [3.05, 3.63) is 50.6 Å². The number of carbonyl (C=O) groups excluding carboxylic acids is 1. The van der Waals surface area contributed by atoms with Crippen molar-refractivity contribution in [3.63, 3.8) is 0 Å². The summed E-state index contributed by atoms with van der Waals surface area (Å²) < 4.78 is 1.07. The van der Waals surface area contributed by atoms with Crippen molar-refractivity contribution < 1.29 is 9.90 Å². The maximum Gasteiger partial charge on any atom is 0.279 e. The van der Waals surface area contributed by atoms with E-state index in [2.05, 4.69) is 27.8 Å². The molecule has 0 fully saturated rings. The van der Waals surface area contributed by atoms with Gasteiger partial charge in [0.1, 0.15) is 12.3 Å². The first kappa shape index (κ1) is 18.3. The number of hydrazone groups is 1. The van der Waals surface area contributed by atoms with Crippen molar-refractivity contribution in [2.75, 3.05) is 0 Å². The molecular formula is C19H19N5O3S. The van der Waals surface area contributed by atoms with Gasteiger partial charge < -0.3 is 5.11 Å². The fourth-order valence-electron chi connectivity index (χ4n) is 3.34. The Hall–Kier alpha value is -3.07. The average molecular weight is 397 g/mol. The minimum absolute atomic E-state index is 0.0598. The van der Waals surface area contributed by atoms with E-state index in [0.717, 1.165) is 29.5 Å². The highest BCUT2D eigenvalue weighted by Crippen LogP contribution is 2.35. The van der Waals surface area contributed by atoms with Crippen LogP contribution in [0.2, 0.25) is 0 Å². The van der Waals surface area contributed by atoms with E-state index >= 15 is 0 Å². The molecule has 1 atom stereocenters. The molecule has 28 heavy (non-hydrogen) atoms. The molecule has 0 saturated heterocycles. The maximum absolute atomic E-state index is 12.8. The summed E-state index contributed by atoms with van der Waals surface area (Å²) in [4.78, 5) is 26.8. The zero-order valence-corrected chi connectivity index (χ0v) is 16.1. The van der Waals surface area contributed by atoms with E-state index in [4.69, 9.17) is 0 Å². The monoisotopic (exact) mass is 397 g/mol. The van der Waals surface area contributed by atoms with Crippen molar-refractivity contribution in [2.24, 2.45) is 11.0 Å². The standard InChI is InChI=1S/C19H19N5O3S/c1-11-6-7-13-15(8-11)28-18-17(13)19(27)24(23-22-18)10-16(26)21-20-9-12-4-2-3-5-14(12)25/h2-5,9,11,25H,6-8,10H2,1H3,(H,21,26)/b20-9+. The zero-order chi connectivity index (χ0) is 19.7. The third kappa shape index (κ3) is 3.53. The van der Waals surface area contributed by atoms with Gasteiger partial charge in [0, 0.05) is 10.4 Å². The van der Waals surface area contributed by atoms with Gasteiger partial charge in [-0.25, -0.2) is 10.1 Å². The number of rotatable bonds is 4. The third-order valence-electron chi connectivity index (χ3n) is 4.81. The van der Waals surface area contributed by atoms with Crippen molar-refractivity contribution >= 4 is 33.7 Å². The normalized spacial score (nSPS) is 16.4. The van der Waals surface area contributed by atoms with Crippen LogP contribution in [0.5, 0.6) is 5.75 Å². The maximum atomic E-state index is 12.8. The third-order valence-corrected chi connectivity index (χ3v) is 5.95. The fraction of sp³-hybridized carbons (Fsp3) is 0.316. The molecule has 0 bridgehead atoms. The number of hydrogen-bond acceptors (Lipinski definition) is 7. The number of aromatic nitrogens is 3. The number of aromatic hydroxyl groups is 1. The summed E-state index contributed by atoms with van der Waals surface area (Å²) in [7, 11) is 0.